The molecule has 1 heterocycles. The van der Waals surface area contributed by atoms with E-state index in [2.05, 4.69) is 4.98 Å². The van der Waals surface area contributed by atoms with Crippen LogP contribution in [0.15, 0.2) is 48.7 Å². The number of amides is 1. The van der Waals surface area contributed by atoms with Crippen LogP contribution in [-0.4, -0.2) is 48.9 Å². The number of nitrogens with one attached hydrogen (secondary N) is 1. The molecule has 0 radical (unpaired) electrons. The zero-order chi connectivity index (χ0) is 20.8. The van der Waals surface area contributed by atoms with E-state index in [1.165, 1.54) is 0 Å². The van der Waals surface area contributed by atoms with E-state index < -0.39 is 0 Å². The van der Waals surface area contributed by atoms with Crippen LogP contribution in [0.4, 0.5) is 0 Å². The predicted octanol–water partition coefficient (Wildman–Crippen LogP) is 3.85. The highest BCUT2D eigenvalue weighted by Gasteiger charge is 2.19. The summed E-state index contributed by atoms with van der Waals surface area (Å²) in [6.07, 6.45) is 2.69. The van der Waals surface area contributed by atoms with E-state index in [9.17, 15) is 9.59 Å². The molecular formula is C23H26N2O4. The van der Waals surface area contributed by atoms with Gasteiger partial charge in [0.05, 0.1) is 20.8 Å². The average molecular weight is 394 g/mol. The molecule has 0 saturated carbocycles. The first-order valence-electron chi connectivity index (χ1n) is 9.65. The third-order valence-corrected chi connectivity index (χ3v) is 5.00. The molecule has 1 amide bonds. The highest BCUT2D eigenvalue weighted by atomic mass is 16.5. The van der Waals surface area contributed by atoms with Crippen LogP contribution in [0.1, 0.15) is 29.3 Å². The Balaban J connectivity index is 1.73. The van der Waals surface area contributed by atoms with Gasteiger partial charge in [0, 0.05) is 35.6 Å². The maximum Gasteiger partial charge on any atom is 0.222 e. The standard InChI is InChI=1S/C23H26N2O4/c1-4-23(27)25(12-11-16-9-10-21(28-2)22(13-16)29-3)15-20(26)18-14-24-19-8-6-5-7-17(18)19/h5-10,13-14,24H,4,11-12,15H2,1-3H3. The molecule has 6 heteroatoms. The van der Waals surface area contributed by atoms with Gasteiger partial charge in [0.2, 0.25) is 5.91 Å². The number of hydrogen-bond acceptors (Lipinski definition) is 4. The average Bonchev–Trinajstić information content (AvgIpc) is 3.20. The van der Waals surface area contributed by atoms with Crippen molar-refractivity contribution >= 4 is 22.6 Å². The molecule has 3 aromatic rings. The van der Waals surface area contributed by atoms with E-state index in [-0.39, 0.29) is 18.2 Å². The van der Waals surface area contributed by atoms with Gasteiger partial charge >= 0.3 is 0 Å². The van der Waals surface area contributed by atoms with E-state index in [1.54, 1.807) is 25.3 Å². The number of para-hydroxylation sites is 1. The Hall–Kier alpha value is -3.28. The maximum absolute atomic E-state index is 12.9. The second kappa shape index (κ2) is 9.28. The minimum absolute atomic E-state index is 0.0429. The lowest BCUT2D eigenvalue weighted by atomic mass is 10.1. The van der Waals surface area contributed by atoms with E-state index in [0.29, 0.717) is 36.4 Å². The van der Waals surface area contributed by atoms with Crippen LogP contribution in [0.2, 0.25) is 0 Å². The Morgan fingerprint density at radius 3 is 2.52 bits per heavy atom. The number of aromatic amines is 1. The molecule has 0 unspecified atom stereocenters. The van der Waals surface area contributed by atoms with Crippen molar-refractivity contribution in [3.63, 3.8) is 0 Å². The number of methoxy groups -OCH3 is 2. The number of hydrogen-bond donors (Lipinski definition) is 1. The van der Waals surface area contributed by atoms with Crippen molar-refractivity contribution < 1.29 is 19.1 Å². The summed E-state index contributed by atoms with van der Waals surface area (Å²) in [5.41, 5.74) is 2.53. The van der Waals surface area contributed by atoms with Gasteiger partial charge in [-0.15, -0.1) is 0 Å². The van der Waals surface area contributed by atoms with Crippen LogP contribution in [0, 0.1) is 0 Å². The summed E-state index contributed by atoms with van der Waals surface area (Å²) in [6.45, 7) is 2.32. The summed E-state index contributed by atoms with van der Waals surface area (Å²) in [4.78, 5) is 30.1. The van der Waals surface area contributed by atoms with Gasteiger partial charge in [0.25, 0.3) is 0 Å². The van der Waals surface area contributed by atoms with Gasteiger partial charge in [-0.25, -0.2) is 0 Å². The molecule has 0 bridgehead atoms. The molecule has 152 valence electrons. The first-order chi connectivity index (χ1) is 14.1. The lowest BCUT2D eigenvalue weighted by Gasteiger charge is -2.22. The lowest BCUT2D eigenvalue weighted by Crippen LogP contribution is -2.36. The van der Waals surface area contributed by atoms with E-state index in [1.807, 2.05) is 49.4 Å². The van der Waals surface area contributed by atoms with Gasteiger partial charge < -0.3 is 19.4 Å². The van der Waals surface area contributed by atoms with Gasteiger partial charge in [-0.3, -0.25) is 9.59 Å². The van der Waals surface area contributed by atoms with E-state index >= 15 is 0 Å². The summed E-state index contributed by atoms with van der Waals surface area (Å²) in [5, 5.41) is 0.876. The molecule has 1 N–H and O–H groups in total. The molecule has 0 atom stereocenters. The first kappa shape index (κ1) is 20.5. The summed E-state index contributed by atoms with van der Waals surface area (Å²) in [7, 11) is 3.18. The number of ketones is 1. The predicted molar refractivity (Wildman–Crippen MR) is 113 cm³/mol. The third-order valence-electron chi connectivity index (χ3n) is 5.00. The van der Waals surface area contributed by atoms with Crippen LogP contribution < -0.4 is 9.47 Å². The zero-order valence-electron chi connectivity index (χ0n) is 17.0. The molecule has 1 aromatic heterocycles. The van der Waals surface area contributed by atoms with Crippen LogP contribution in [0.3, 0.4) is 0 Å². The van der Waals surface area contributed by atoms with Crippen molar-refractivity contribution in [3.8, 4) is 11.5 Å². The number of H-pyrrole nitrogens is 1. The van der Waals surface area contributed by atoms with Crippen molar-refractivity contribution in [2.24, 2.45) is 0 Å². The number of aromatic nitrogens is 1. The highest BCUT2D eigenvalue weighted by Crippen LogP contribution is 2.27. The van der Waals surface area contributed by atoms with Gasteiger partial charge in [-0.2, -0.15) is 0 Å². The molecule has 0 aliphatic carbocycles. The maximum atomic E-state index is 12.9. The number of carbonyl (C=O) groups is 2. The van der Waals surface area contributed by atoms with Crippen molar-refractivity contribution in [1.82, 2.24) is 9.88 Å². The first-order valence-corrected chi connectivity index (χ1v) is 9.65. The largest absolute Gasteiger partial charge is 0.493 e. The molecule has 0 saturated heterocycles. The second-order valence-corrected chi connectivity index (χ2v) is 6.78. The molecule has 29 heavy (non-hydrogen) atoms. The van der Waals surface area contributed by atoms with Gasteiger partial charge in [-0.1, -0.05) is 31.2 Å². The topological polar surface area (TPSA) is 71.6 Å². The normalized spacial score (nSPS) is 10.7. The van der Waals surface area contributed by atoms with Crippen molar-refractivity contribution in [2.45, 2.75) is 19.8 Å². The molecule has 0 spiro atoms. The number of ether oxygens (including phenoxy) is 2. The third kappa shape index (κ3) is 4.59. The highest BCUT2D eigenvalue weighted by molar-refractivity contribution is 6.09. The fourth-order valence-electron chi connectivity index (χ4n) is 3.38. The Kier molecular flexibility index (Phi) is 6.54. The van der Waals surface area contributed by atoms with Crippen LogP contribution in [0.25, 0.3) is 10.9 Å². The molecule has 0 aliphatic rings. The summed E-state index contributed by atoms with van der Waals surface area (Å²) >= 11 is 0. The molecule has 0 fully saturated rings. The smallest absolute Gasteiger partial charge is 0.222 e. The van der Waals surface area contributed by atoms with Crippen LogP contribution in [-0.2, 0) is 11.2 Å². The number of Topliss-reactive ketones (excluding diaryl/α,β-unsaturated/α-hetero) is 1. The quantitative estimate of drug-likeness (QED) is 0.560. The fraction of sp³-hybridized carbons (Fsp3) is 0.304. The fourth-order valence-corrected chi connectivity index (χ4v) is 3.38. The van der Waals surface area contributed by atoms with Gasteiger partial charge in [0.15, 0.2) is 17.3 Å². The minimum atomic E-state index is -0.0726. The Labute approximate surface area is 170 Å². The summed E-state index contributed by atoms with van der Waals surface area (Å²) in [6, 6.07) is 13.3. The molecule has 0 aliphatic heterocycles. The van der Waals surface area contributed by atoms with Gasteiger partial charge in [0.1, 0.15) is 0 Å². The number of carbonyl (C=O) groups excluding carboxylic acids is 2. The Bertz CT molecular complexity index is 1010. The van der Waals surface area contributed by atoms with Crippen molar-refractivity contribution in [1.29, 1.82) is 0 Å². The number of fused-ring (bicyclic) bond motifs is 1. The second-order valence-electron chi connectivity index (χ2n) is 6.78. The van der Waals surface area contributed by atoms with E-state index in [0.717, 1.165) is 16.5 Å². The molecule has 2 aromatic carbocycles. The summed E-state index contributed by atoms with van der Waals surface area (Å²) < 4.78 is 10.6. The Morgan fingerprint density at radius 2 is 1.79 bits per heavy atom. The number of nitrogens with zero attached hydrogens (tertiary/aromatic N) is 1. The van der Waals surface area contributed by atoms with Crippen molar-refractivity contribution in [3.05, 3.63) is 59.8 Å². The Morgan fingerprint density at radius 1 is 1.03 bits per heavy atom. The van der Waals surface area contributed by atoms with Crippen LogP contribution >= 0.6 is 0 Å². The minimum Gasteiger partial charge on any atom is -0.493 e. The number of rotatable bonds is 9. The monoisotopic (exact) mass is 394 g/mol. The molecule has 3 rings (SSSR count). The van der Waals surface area contributed by atoms with Crippen molar-refractivity contribution in [2.75, 3.05) is 27.3 Å². The molecule has 6 nitrogen and oxygen atoms in total. The summed E-state index contributed by atoms with van der Waals surface area (Å²) in [5.74, 6) is 1.19. The van der Waals surface area contributed by atoms with E-state index in [4.69, 9.17) is 9.47 Å². The SMILES string of the molecule is CCC(=O)N(CCc1ccc(OC)c(OC)c1)CC(=O)c1c[nH]c2ccccc12. The zero-order valence-corrected chi connectivity index (χ0v) is 17.0. The molecular weight excluding hydrogens is 368 g/mol. The lowest BCUT2D eigenvalue weighted by molar-refractivity contribution is -0.130. The van der Waals surface area contributed by atoms with Crippen LogP contribution in [0.5, 0.6) is 11.5 Å². The van der Waals surface area contributed by atoms with Gasteiger partial charge in [-0.05, 0) is 30.2 Å². The number of benzene rings is 2.